The minimum absolute atomic E-state index is 0.00530. The molecule has 0 aliphatic carbocycles. The monoisotopic (exact) mass is 430 g/mol. The molecule has 0 saturated carbocycles. The lowest BCUT2D eigenvalue weighted by atomic mass is 9.70. The Morgan fingerprint density at radius 3 is 1.81 bits per heavy atom. The van der Waals surface area contributed by atoms with Crippen molar-refractivity contribution in [3.8, 4) is 0 Å². The number of ether oxygens (including phenoxy) is 2. The van der Waals surface area contributed by atoms with Crippen molar-refractivity contribution < 1.29 is 19.1 Å². The Morgan fingerprint density at radius 1 is 0.871 bits per heavy atom. The maximum Gasteiger partial charge on any atom is 0.174 e. The summed E-state index contributed by atoms with van der Waals surface area (Å²) in [6.45, 7) is 22.7. The number of rotatable bonds is 10. The summed E-state index contributed by atoms with van der Waals surface area (Å²) in [4.78, 5) is 26.9. The molecular formula is C27H42O4. The van der Waals surface area contributed by atoms with E-state index in [1.807, 2.05) is 99.6 Å². The third kappa shape index (κ3) is 7.11. The summed E-state index contributed by atoms with van der Waals surface area (Å²) in [7, 11) is 0. The molecule has 2 unspecified atom stereocenters. The fourth-order valence-corrected chi connectivity index (χ4v) is 3.22. The van der Waals surface area contributed by atoms with E-state index in [9.17, 15) is 9.59 Å². The first-order valence-corrected chi connectivity index (χ1v) is 11.0. The van der Waals surface area contributed by atoms with Crippen LogP contribution in [0.15, 0.2) is 43.0 Å². The van der Waals surface area contributed by atoms with Crippen LogP contribution in [0, 0.1) is 10.8 Å². The second kappa shape index (κ2) is 9.79. The second-order valence-corrected chi connectivity index (χ2v) is 11.3. The van der Waals surface area contributed by atoms with Crippen molar-refractivity contribution in [3.05, 3.63) is 48.6 Å². The first-order valence-electron chi connectivity index (χ1n) is 11.0. The molecule has 1 rings (SSSR count). The Labute approximate surface area is 189 Å². The van der Waals surface area contributed by atoms with Crippen molar-refractivity contribution >= 4 is 11.6 Å². The Balaban J connectivity index is 3.32. The molecule has 4 nitrogen and oxygen atoms in total. The molecule has 0 radical (unpaired) electrons. The van der Waals surface area contributed by atoms with Gasteiger partial charge in [0.2, 0.25) is 0 Å². The minimum Gasteiger partial charge on any atom is -0.363 e. The van der Waals surface area contributed by atoms with Crippen LogP contribution in [-0.2, 0) is 19.1 Å². The number of carbonyl (C=O) groups excluding carboxylic acids is 2. The molecule has 31 heavy (non-hydrogen) atoms. The molecule has 0 aliphatic heterocycles. The molecule has 174 valence electrons. The first-order chi connectivity index (χ1) is 13.9. The number of carbonyl (C=O) groups is 2. The highest BCUT2D eigenvalue weighted by Gasteiger charge is 2.50. The maximum absolute atomic E-state index is 13.9. The number of Topliss-reactive ketones (excluding diaryl/α,β-unsaturated/α-hetero) is 2. The van der Waals surface area contributed by atoms with Crippen LogP contribution < -0.4 is 0 Å². The quantitative estimate of drug-likeness (QED) is 0.398. The molecule has 0 aliphatic rings. The van der Waals surface area contributed by atoms with Crippen LogP contribution in [0.5, 0.6) is 0 Å². The summed E-state index contributed by atoms with van der Waals surface area (Å²) in [6, 6.07) is 9.53. The lowest BCUT2D eigenvalue weighted by Gasteiger charge is -2.44. The van der Waals surface area contributed by atoms with Crippen molar-refractivity contribution in [2.75, 3.05) is 0 Å². The Bertz CT molecular complexity index is 761. The Morgan fingerprint density at radius 2 is 1.39 bits per heavy atom. The molecule has 2 atom stereocenters. The predicted octanol–water partition coefficient (Wildman–Crippen LogP) is 6.49. The zero-order valence-electron chi connectivity index (χ0n) is 21.2. The average Bonchev–Trinajstić information content (AvgIpc) is 2.63. The molecule has 0 spiro atoms. The van der Waals surface area contributed by atoms with E-state index in [1.54, 1.807) is 6.08 Å². The van der Waals surface area contributed by atoms with Gasteiger partial charge in [-0.3, -0.25) is 9.59 Å². The highest BCUT2D eigenvalue weighted by Crippen LogP contribution is 2.42. The van der Waals surface area contributed by atoms with Crippen LogP contribution in [0.1, 0.15) is 87.3 Å². The van der Waals surface area contributed by atoms with Gasteiger partial charge in [-0.2, -0.15) is 0 Å². The number of benzene rings is 1. The molecule has 0 N–H and O–H groups in total. The van der Waals surface area contributed by atoms with Gasteiger partial charge in [0.05, 0.1) is 16.6 Å². The van der Waals surface area contributed by atoms with E-state index >= 15 is 0 Å². The van der Waals surface area contributed by atoms with Crippen LogP contribution in [0.3, 0.4) is 0 Å². The summed E-state index contributed by atoms with van der Waals surface area (Å²) < 4.78 is 12.6. The van der Waals surface area contributed by atoms with E-state index in [0.717, 1.165) is 5.56 Å². The normalized spacial score (nSPS) is 15.3. The van der Waals surface area contributed by atoms with Crippen molar-refractivity contribution in [2.45, 2.75) is 99.1 Å². The van der Waals surface area contributed by atoms with Crippen LogP contribution in [0.4, 0.5) is 0 Å². The third-order valence-corrected chi connectivity index (χ3v) is 5.78. The summed E-state index contributed by atoms with van der Waals surface area (Å²) in [5.41, 5.74) is -2.12. The van der Waals surface area contributed by atoms with Crippen molar-refractivity contribution in [3.63, 3.8) is 0 Å². The van der Waals surface area contributed by atoms with Gasteiger partial charge in [-0.05, 0) is 46.6 Å². The van der Waals surface area contributed by atoms with E-state index in [2.05, 4.69) is 6.58 Å². The molecule has 0 fully saturated rings. The molecule has 1 aromatic rings. The molecule has 0 amide bonds. The van der Waals surface area contributed by atoms with Crippen LogP contribution >= 0.6 is 0 Å². The second-order valence-electron chi connectivity index (χ2n) is 11.3. The number of ketones is 2. The summed E-state index contributed by atoms with van der Waals surface area (Å²) in [6.07, 6.45) is 0.674. The van der Waals surface area contributed by atoms with Gasteiger partial charge in [-0.15, -0.1) is 6.58 Å². The van der Waals surface area contributed by atoms with Gasteiger partial charge in [0.25, 0.3) is 0 Å². The summed E-state index contributed by atoms with van der Waals surface area (Å²) in [5, 5.41) is 0. The van der Waals surface area contributed by atoms with Gasteiger partial charge >= 0.3 is 0 Å². The lowest BCUT2D eigenvalue weighted by molar-refractivity contribution is -0.182. The molecule has 0 heterocycles. The fourth-order valence-electron chi connectivity index (χ4n) is 3.22. The number of hydrogen-bond acceptors (Lipinski definition) is 4. The smallest absolute Gasteiger partial charge is 0.174 e. The standard InChI is InChI=1S/C27H42O4/c1-12-16-20(22(28)24(2,3)4)30-27(10,11)26(8,9)23(29)21(31-25(5,6)7)19-17-14-13-15-18-19/h12-15,17-18,20-21H,1,16H2,2-11H3. The third-order valence-electron chi connectivity index (χ3n) is 5.78. The highest BCUT2D eigenvalue weighted by atomic mass is 16.5. The Kier molecular flexibility index (Phi) is 8.60. The minimum atomic E-state index is -0.934. The van der Waals surface area contributed by atoms with E-state index < -0.39 is 34.2 Å². The molecule has 0 aromatic heterocycles. The number of hydrogen-bond donors (Lipinski definition) is 0. The van der Waals surface area contributed by atoms with E-state index in [0.29, 0.717) is 6.42 Å². The van der Waals surface area contributed by atoms with Gasteiger partial charge in [0, 0.05) is 5.41 Å². The van der Waals surface area contributed by atoms with Gasteiger partial charge in [0.1, 0.15) is 12.2 Å². The van der Waals surface area contributed by atoms with Gasteiger partial charge in [-0.1, -0.05) is 71.0 Å². The largest absolute Gasteiger partial charge is 0.363 e. The summed E-state index contributed by atoms with van der Waals surface area (Å²) >= 11 is 0. The van der Waals surface area contributed by atoms with E-state index in [1.165, 1.54) is 0 Å². The molecule has 1 aromatic carbocycles. The highest BCUT2D eigenvalue weighted by molar-refractivity contribution is 5.91. The van der Waals surface area contributed by atoms with Gasteiger partial charge in [-0.25, -0.2) is 0 Å². The zero-order chi connectivity index (χ0) is 24.3. The first kappa shape index (κ1) is 27.3. The summed E-state index contributed by atoms with van der Waals surface area (Å²) in [5.74, 6) is -0.0894. The van der Waals surface area contributed by atoms with Crippen LogP contribution in [0.2, 0.25) is 0 Å². The van der Waals surface area contributed by atoms with Crippen LogP contribution in [0.25, 0.3) is 0 Å². The van der Waals surface area contributed by atoms with Crippen molar-refractivity contribution in [2.24, 2.45) is 10.8 Å². The molecule has 0 bridgehead atoms. The van der Waals surface area contributed by atoms with Crippen molar-refractivity contribution in [1.29, 1.82) is 0 Å². The molecular weight excluding hydrogens is 388 g/mol. The van der Waals surface area contributed by atoms with E-state index in [4.69, 9.17) is 9.47 Å². The van der Waals surface area contributed by atoms with Crippen LogP contribution in [-0.4, -0.2) is 28.9 Å². The SMILES string of the molecule is C=CCC(OC(C)(C)C(C)(C)C(=O)C(OC(C)(C)C)c1ccccc1)C(=O)C(C)(C)C. The Hall–Kier alpha value is -1.78. The average molecular weight is 431 g/mol. The maximum atomic E-state index is 13.9. The van der Waals surface area contributed by atoms with E-state index in [-0.39, 0.29) is 11.6 Å². The fraction of sp³-hybridized carbons (Fsp3) is 0.630. The van der Waals surface area contributed by atoms with Gasteiger partial charge in [0.15, 0.2) is 11.6 Å². The molecule has 4 heteroatoms. The zero-order valence-corrected chi connectivity index (χ0v) is 21.2. The van der Waals surface area contributed by atoms with Gasteiger partial charge < -0.3 is 9.47 Å². The van der Waals surface area contributed by atoms with Crippen molar-refractivity contribution in [1.82, 2.24) is 0 Å². The molecule has 0 saturated heterocycles. The topological polar surface area (TPSA) is 52.6 Å². The lowest BCUT2D eigenvalue weighted by Crippen LogP contribution is -2.53. The predicted molar refractivity (Wildman–Crippen MR) is 127 cm³/mol.